The Labute approximate surface area is 211 Å². The molecule has 0 radical (unpaired) electrons. The topological polar surface area (TPSA) is 73.8 Å². The first-order valence-corrected chi connectivity index (χ1v) is 12.8. The van der Waals surface area contributed by atoms with E-state index in [4.69, 9.17) is 11.6 Å². The lowest BCUT2D eigenvalue weighted by Crippen LogP contribution is -2.52. The molecule has 0 aliphatic carbocycles. The predicted molar refractivity (Wildman–Crippen MR) is 130 cm³/mol. The van der Waals surface area contributed by atoms with Crippen molar-refractivity contribution in [3.8, 4) is 0 Å². The lowest BCUT2D eigenvalue weighted by molar-refractivity contribution is -0.137. The third kappa shape index (κ3) is 5.57. The Morgan fingerprint density at radius 2 is 1.69 bits per heavy atom. The van der Waals surface area contributed by atoms with Gasteiger partial charge in [0.25, 0.3) is 10.0 Å². The van der Waals surface area contributed by atoms with E-state index in [9.17, 15) is 26.4 Å². The molecule has 0 unspecified atom stereocenters. The predicted octanol–water partition coefficient (Wildman–Crippen LogP) is 4.30. The van der Waals surface area contributed by atoms with Crippen LogP contribution in [0.25, 0.3) is 0 Å². The van der Waals surface area contributed by atoms with Crippen LogP contribution in [-0.2, 0) is 21.0 Å². The fourth-order valence-corrected chi connectivity index (χ4v) is 5.59. The van der Waals surface area contributed by atoms with Gasteiger partial charge in [0, 0.05) is 32.4 Å². The highest BCUT2D eigenvalue weighted by atomic mass is 35.5. The van der Waals surface area contributed by atoms with Crippen molar-refractivity contribution in [2.45, 2.75) is 11.1 Å². The molecule has 0 N–H and O–H groups in total. The van der Waals surface area contributed by atoms with Gasteiger partial charge in [0.05, 0.1) is 33.1 Å². The van der Waals surface area contributed by atoms with Crippen LogP contribution < -0.4 is 9.21 Å². The van der Waals surface area contributed by atoms with E-state index in [-0.39, 0.29) is 9.92 Å². The van der Waals surface area contributed by atoms with Crippen molar-refractivity contribution in [1.82, 2.24) is 9.88 Å². The van der Waals surface area contributed by atoms with E-state index in [2.05, 4.69) is 4.98 Å². The number of pyridine rings is 1. The number of carbonyl (C=O) groups excluding carboxylic acids is 1. The molecule has 190 valence electrons. The monoisotopic (exact) mass is 538 g/mol. The molecular weight excluding hydrogens is 517 g/mol. The molecule has 3 aromatic rings. The number of carbonyl (C=O) groups is 1. The molecule has 0 bridgehead atoms. The van der Waals surface area contributed by atoms with Crippen molar-refractivity contribution in [3.63, 3.8) is 0 Å². The van der Waals surface area contributed by atoms with Crippen LogP contribution in [-0.4, -0.2) is 56.9 Å². The van der Waals surface area contributed by atoms with E-state index in [1.165, 1.54) is 29.2 Å². The van der Waals surface area contributed by atoms with Gasteiger partial charge in [-0.1, -0.05) is 29.8 Å². The summed E-state index contributed by atoms with van der Waals surface area (Å²) in [7, 11) is -4.41. The van der Waals surface area contributed by atoms with Crippen molar-refractivity contribution >= 4 is 38.9 Å². The van der Waals surface area contributed by atoms with Crippen LogP contribution in [0.1, 0.15) is 5.56 Å². The number of hydrogen-bond acceptors (Lipinski definition) is 5. The number of aromatic nitrogens is 1. The summed E-state index contributed by atoms with van der Waals surface area (Å²) in [4.78, 5) is 20.7. The summed E-state index contributed by atoms with van der Waals surface area (Å²) < 4.78 is 67.9. The molecule has 1 aliphatic heterocycles. The average molecular weight is 539 g/mol. The molecule has 4 rings (SSSR count). The highest BCUT2D eigenvalue weighted by Crippen LogP contribution is 2.37. The molecular formula is C24H22ClF3N4O3S. The summed E-state index contributed by atoms with van der Waals surface area (Å²) in [5, 5.41) is -0.225. The zero-order chi connectivity index (χ0) is 25.9. The Balaban J connectivity index is 1.63. The molecule has 36 heavy (non-hydrogen) atoms. The first-order chi connectivity index (χ1) is 17.1. The normalized spacial score (nSPS) is 14.6. The van der Waals surface area contributed by atoms with Gasteiger partial charge >= 0.3 is 6.18 Å². The fourth-order valence-electron chi connectivity index (χ4n) is 3.88. The van der Waals surface area contributed by atoms with Crippen LogP contribution in [0.2, 0.25) is 5.02 Å². The molecule has 0 saturated carbocycles. The highest BCUT2D eigenvalue weighted by molar-refractivity contribution is 7.92. The van der Waals surface area contributed by atoms with Gasteiger partial charge in [-0.15, -0.1) is 0 Å². The number of piperazine rings is 1. The molecule has 1 amide bonds. The molecule has 0 atom stereocenters. The molecule has 2 aromatic carbocycles. The second-order valence-corrected chi connectivity index (χ2v) is 10.3. The molecule has 1 saturated heterocycles. The maximum atomic E-state index is 13.5. The van der Waals surface area contributed by atoms with Crippen LogP contribution in [0.15, 0.2) is 78.0 Å². The standard InChI is InChI=1S/C24H22ClF3N4O3S/c25-21-9-8-18(24(26,27)28)15-22(21)32(36(34,35)20-6-2-1-3-7-20)17-23(33)31-13-11-30(12-14-31)19-5-4-10-29-16-19/h1-10,15-16H,11-14,17H2. The van der Waals surface area contributed by atoms with Gasteiger partial charge in [0.2, 0.25) is 5.91 Å². The second kappa shape index (κ2) is 10.4. The highest BCUT2D eigenvalue weighted by Gasteiger charge is 2.35. The van der Waals surface area contributed by atoms with E-state index in [0.29, 0.717) is 36.6 Å². The molecule has 1 aliphatic rings. The first-order valence-electron chi connectivity index (χ1n) is 10.9. The number of nitrogens with zero attached hydrogens (tertiary/aromatic N) is 4. The number of amides is 1. The van der Waals surface area contributed by atoms with Gasteiger partial charge in [0.15, 0.2) is 0 Å². The average Bonchev–Trinajstić information content (AvgIpc) is 2.88. The number of hydrogen-bond donors (Lipinski definition) is 0. The van der Waals surface area contributed by atoms with Gasteiger partial charge < -0.3 is 9.80 Å². The number of benzene rings is 2. The zero-order valence-corrected chi connectivity index (χ0v) is 20.5. The Kier molecular flexibility index (Phi) is 7.41. The van der Waals surface area contributed by atoms with Crippen LogP contribution in [0.3, 0.4) is 0 Å². The van der Waals surface area contributed by atoms with E-state index in [0.717, 1.165) is 17.8 Å². The number of rotatable bonds is 6. The molecule has 7 nitrogen and oxygen atoms in total. The van der Waals surface area contributed by atoms with Gasteiger partial charge in [-0.05, 0) is 42.5 Å². The summed E-state index contributed by atoms with van der Waals surface area (Å²) >= 11 is 6.18. The molecule has 12 heteroatoms. The van der Waals surface area contributed by atoms with Gasteiger partial charge in [-0.3, -0.25) is 14.1 Å². The fraction of sp³-hybridized carbons (Fsp3) is 0.250. The Bertz CT molecular complexity index is 1320. The minimum Gasteiger partial charge on any atom is -0.367 e. The number of anilines is 2. The second-order valence-electron chi connectivity index (χ2n) is 8.07. The Morgan fingerprint density at radius 3 is 2.31 bits per heavy atom. The van der Waals surface area contributed by atoms with Crippen molar-refractivity contribution in [2.75, 3.05) is 41.9 Å². The van der Waals surface area contributed by atoms with Crippen molar-refractivity contribution in [3.05, 3.63) is 83.6 Å². The van der Waals surface area contributed by atoms with Crippen molar-refractivity contribution in [1.29, 1.82) is 0 Å². The summed E-state index contributed by atoms with van der Waals surface area (Å²) in [5.41, 5.74) is -0.598. The minimum atomic E-state index is -4.73. The third-order valence-electron chi connectivity index (χ3n) is 5.80. The Morgan fingerprint density at radius 1 is 1.00 bits per heavy atom. The SMILES string of the molecule is O=C(CN(c1cc(C(F)(F)F)ccc1Cl)S(=O)(=O)c1ccccc1)N1CCN(c2cccnc2)CC1. The molecule has 1 aromatic heterocycles. The maximum absolute atomic E-state index is 13.5. The lowest BCUT2D eigenvalue weighted by atomic mass is 10.2. The van der Waals surface area contributed by atoms with E-state index < -0.39 is 39.9 Å². The Hall–Kier alpha value is -3.31. The van der Waals surface area contributed by atoms with Gasteiger partial charge in [-0.25, -0.2) is 8.42 Å². The van der Waals surface area contributed by atoms with Crippen LogP contribution >= 0.6 is 11.6 Å². The first kappa shape index (κ1) is 25.8. The number of alkyl halides is 3. The summed E-state index contributed by atoms with van der Waals surface area (Å²) in [6.45, 7) is 0.901. The molecule has 1 fully saturated rings. The van der Waals surface area contributed by atoms with Crippen molar-refractivity contribution in [2.24, 2.45) is 0 Å². The third-order valence-corrected chi connectivity index (χ3v) is 7.89. The van der Waals surface area contributed by atoms with Crippen LogP contribution in [0.4, 0.5) is 24.5 Å². The summed E-state index contributed by atoms with van der Waals surface area (Å²) in [6, 6.07) is 13.3. The number of halogens is 4. The minimum absolute atomic E-state index is 0.173. The van der Waals surface area contributed by atoms with E-state index in [1.807, 2.05) is 11.0 Å². The number of sulfonamides is 1. The van der Waals surface area contributed by atoms with Crippen LogP contribution in [0, 0.1) is 0 Å². The van der Waals surface area contributed by atoms with Crippen molar-refractivity contribution < 1.29 is 26.4 Å². The quantitative estimate of drug-likeness (QED) is 0.468. The largest absolute Gasteiger partial charge is 0.416 e. The smallest absolute Gasteiger partial charge is 0.367 e. The molecule has 0 spiro atoms. The van der Waals surface area contributed by atoms with Crippen LogP contribution in [0.5, 0.6) is 0 Å². The summed E-state index contributed by atoms with van der Waals surface area (Å²) in [6.07, 6.45) is -1.36. The summed E-state index contributed by atoms with van der Waals surface area (Å²) in [5.74, 6) is -0.547. The molecule has 2 heterocycles. The van der Waals surface area contributed by atoms with Gasteiger partial charge in [-0.2, -0.15) is 13.2 Å². The van der Waals surface area contributed by atoms with E-state index >= 15 is 0 Å². The lowest BCUT2D eigenvalue weighted by Gasteiger charge is -2.37. The zero-order valence-electron chi connectivity index (χ0n) is 18.9. The van der Waals surface area contributed by atoms with Gasteiger partial charge in [0.1, 0.15) is 6.54 Å². The van der Waals surface area contributed by atoms with E-state index in [1.54, 1.807) is 24.5 Å². The maximum Gasteiger partial charge on any atom is 0.416 e.